The van der Waals surface area contributed by atoms with E-state index in [1.54, 1.807) is 12.3 Å². The van der Waals surface area contributed by atoms with E-state index < -0.39 is 0 Å². The van der Waals surface area contributed by atoms with Gasteiger partial charge in [0.05, 0.1) is 0 Å². The Balaban J connectivity index is 3.20. The molecule has 0 aliphatic rings. The zero-order chi connectivity index (χ0) is 7.82. The van der Waals surface area contributed by atoms with Crippen molar-refractivity contribution in [2.24, 2.45) is 0 Å². The van der Waals surface area contributed by atoms with Crippen LogP contribution >= 0.6 is 0 Å². The van der Waals surface area contributed by atoms with Gasteiger partial charge in [0.15, 0.2) is 0 Å². The average molecular weight is 141 g/mol. The summed E-state index contributed by atoms with van der Waals surface area (Å²) in [5.74, 6) is -0.323. The van der Waals surface area contributed by atoms with Gasteiger partial charge in [-0.05, 0) is 0 Å². The first kappa shape index (κ1) is 8.75. The molecule has 0 aliphatic carbocycles. The fourth-order valence-corrected chi connectivity index (χ4v) is 0.329. The first-order chi connectivity index (χ1) is 4.77. The van der Waals surface area contributed by atoms with Crippen molar-refractivity contribution in [3.05, 3.63) is 25.1 Å². The zero-order valence-electron chi connectivity index (χ0n) is 5.96. The Hall–Kier alpha value is -1.25. The van der Waals surface area contributed by atoms with E-state index in [0.717, 1.165) is 0 Å². The Labute approximate surface area is 60.4 Å². The molecule has 0 saturated carbocycles. The Bertz CT molecular complexity index is 141. The van der Waals surface area contributed by atoms with Crippen LogP contribution in [-0.2, 0) is 9.53 Å². The topological polar surface area (TPSA) is 38.3 Å². The molecule has 0 aliphatic heterocycles. The molecule has 0 unspecified atom stereocenters. The van der Waals surface area contributed by atoms with E-state index in [0.29, 0.717) is 6.54 Å². The molecule has 0 atom stereocenters. The number of hydrogen-bond donors (Lipinski definition) is 1. The maximum absolute atomic E-state index is 10.2. The first-order valence-corrected chi connectivity index (χ1v) is 2.94. The lowest BCUT2D eigenvalue weighted by Crippen LogP contribution is -2.03. The van der Waals surface area contributed by atoms with Crippen LogP contribution in [0.5, 0.6) is 0 Å². The van der Waals surface area contributed by atoms with Crippen molar-refractivity contribution in [1.82, 2.24) is 5.32 Å². The molecule has 0 saturated heterocycles. The molecule has 10 heavy (non-hydrogen) atoms. The summed E-state index contributed by atoms with van der Waals surface area (Å²) in [5.41, 5.74) is 0. The molecule has 1 N–H and O–H groups in total. The van der Waals surface area contributed by atoms with Crippen molar-refractivity contribution >= 4 is 5.97 Å². The van der Waals surface area contributed by atoms with Gasteiger partial charge in [0.1, 0.15) is 6.26 Å². The summed E-state index contributed by atoms with van der Waals surface area (Å²) in [6, 6.07) is 0. The maximum Gasteiger partial charge on any atom is 0.307 e. The fourth-order valence-electron chi connectivity index (χ4n) is 0.329. The summed E-state index contributed by atoms with van der Waals surface area (Å²) in [5, 5.41) is 2.81. The summed E-state index contributed by atoms with van der Waals surface area (Å²) in [7, 11) is 0. The van der Waals surface area contributed by atoms with Crippen LogP contribution in [0.15, 0.2) is 25.1 Å². The van der Waals surface area contributed by atoms with Crippen molar-refractivity contribution < 1.29 is 9.53 Å². The first-order valence-electron chi connectivity index (χ1n) is 2.94. The Kier molecular flexibility index (Phi) is 5.14. The highest BCUT2D eigenvalue weighted by Crippen LogP contribution is 1.75. The number of rotatable bonds is 4. The Morgan fingerprint density at radius 2 is 2.50 bits per heavy atom. The molecule has 0 aromatic heterocycles. The third-order valence-electron chi connectivity index (χ3n) is 0.682. The third kappa shape index (κ3) is 6.75. The molecule has 0 aromatic carbocycles. The van der Waals surface area contributed by atoms with Crippen LogP contribution in [0.1, 0.15) is 6.92 Å². The number of nitrogens with one attached hydrogen (secondary N) is 1. The second-order valence-electron chi connectivity index (χ2n) is 1.61. The highest BCUT2D eigenvalue weighted by atomic mass is 16.5. The molecule has 0 bridgehead atoms. The molecule has 56 valence electrons. The van der Waals surface area contributed by atoms with Crippen molar-refractivity contribution in [3.8, 4) is 0 Å². The van der Waals surface area contributed by atoms with E-state index in [9.17, 15) is 4.79 Å². The Morgan fingerprint density at radius 1 is 1.80 bits per heavy atom. The molecule has 0 amide bonds. The van der Waals surface area contributed by atoms with Gasteiger partial charge in [0, 0.05) is 19.7 Å². The lowest BCUT2D eigenvalue weighted by Gasteiger charge is -1.92. The SMILES string of the molecule is C=CCNC=COC(C)=O. The van der Waals surface area contributed by atoms with Crippen LogP contribution in [-0.4, -0.2) is 12.5 Å². The van der Waals surface area contributed by atoms with Gasteiger partial charge in [-0.3, -0.25) is 4.79 Å². The smallest absolute Gasteiger partial charge is 0.307 e. The number of carbonyl (C=O) groups excluding carboxylic acids is 1. The van der Waals surface area contributed by atoms with Gasteiger partial charge in [-0.25, -0.2) is 0 Å². The minimum Gasteiger partial charge on any atom is -0.433 e. The molecule has 0 heterocycles. The predicted molar refractivity (Wildman–Crippen MR) is 39.1 cm³/mol. The minimum atomic E-state index is -0.323. The van der Waals surface area contributed by atoms with Crippen molar-refractivity contribution in [2.75, 3.05) is 6.54 Å². The summed E-state index contributed by atoms with van der Waals surface area (Å²) in [6.45, 7) is 5.50. The van der Waals surface area contributed by atoms with Crippen LogP contribution in [0.25, 0.3) is 0 Å². The van der Waals surface area contributed by atoms with Crippen LogP contribution in [0.3, 0.4) is 0 Å². The van der Waals surface area contributed by atoms with E-state index >= 15 is 0 Å². The van der Waals surface area contributed by atoms with Gasteiger partial charge in [-0.1, -0.05) is 6.08 Å². The number of carbonyl (C=O) groups is 1. The lowest BCUT2D eigenvalue weighted by molar-refractivity contribution is -0.135. The second-order valence-corrected chi connectivity index (χ2v) is 1.61. The van der Waals surface area contributed by atoms with E-state index in [4.69, 9.17) is 0 Å². The summed E-state index contributed by atoms with van der Waals surface area (Å²) < 4.78 is 4.47. The van der Waals surface area contributed by atoms with Crippen LogP contribution in [0, 0.1) is 0 Å². The van der Waals surface area contributed by atoms with Crippen molar-refractivity contribution in [2.45, 2.75) is 6.92 Å². The molecule has 0 spiro atoms. The van der Waals surface area contributed by atoms with E-state index in [-0.39, 0.29) is 5.97 Å². The normalized spacial score (nSPS) is 9.30. The lowest BCUT2D eigenvalue weighted by atomic mass is 10.6. The van der Waals surface area contributed by atoms with Crippen LogP contribution < -0.4 is 5.32 Å². The maximum atomic E-state index is 10.2. The third-order valence-corrected chi connectivity index (χ3v) is 0.682. The summed E-state index contributed by atoms with van der Waals surface area (Å²) in [6.07, 6.45) is 4.55. The van der Waals surface area contributed by atoms with Crippen LogP contribution in [0.2, 0.25) is 0 Å². The number of esters is 1. The molecule has 3 heteroatoms. The molecule has 0 fully saturated rings. The van der Waals surface area contributed by atoms with E-state index in [1.165, 1.54) is 13.2 Å². The second kappa shape index (κ2) is 5.88. The molecule has 0 radical (unpaired) electrons. The zero-order valence-corrected chi connectivity index (χ0v) is 5.96. The fraction of sp³-hybridized carbons (Fsp3) is 0.286. The average Bonchev–Trinajstić information content (AvgIpc) is 1.87. The van der Waals surface area contributed by atoms with Crippen molar-refractivity contribution in [3.63, 3.8) is 0 Å². The van der Waals surface area contributed by atoms with Crippen molar-refractivity contribution in [1.29, 1.82) is 0 Å². The monoisotopic (exact) mass is 141 g/mol. The molecule has 3 nitrogen and oxygen atoms in total. The van der Waals surface area contributed by atoms with Gasteiger partial charge in [-0.15, -0.1) is 6.58 Å². The molecule has 0 aromatic rings. The standard InChI is InChI=1S/C7H11NO2/c1-3-4-8-5-6-10-7(2)9/h3,5-6,8H,1,4H2,2H3. The predicted octanol–water partition coefficient (Wildman–Crippen LogP) is 0.796. The number of ether oxygens (including phenoxy) is 1. The molecular weight excluding hydrogens is 130 g/mol. The minimum absolute atomic E-state index is 0.323. The van der Waals surface area contributed by atoms with Crippen LogP contribution in [0.4, 0.5) is 0 Å². The van der Waals surface area contributed by atoms with Gasteiger partial charge >= 0.3 is 5.97 Å². The van der Waals surface area contributed by atoms with Gasteiger partial charge in [-0.2, -0.15) is 0 Å². The van der Waals surface area contributed by atoms with Gasteiger partial charge in [0.2, 0.25) is 0 Å². The Morgan fingerprint density at radius 3 is 3.00 bits per heavy atom. The molecule has 0 rings (SSSR count). The quantitative estimate of drug-likeness (QED) is 0.272. The summed E-state index contributed by atoms with van der Waals surface area (Å²) >= 11 is 0. The highest BCUT2D eigenvalue weighted by molar-refractivity contribution is 5.66. The number of hydrogen-bond acceptors (Lipinski definition) is 3. The summed E-state index contributed by atoms with van der Waals surface area (Å²) in [4.78, 5) is 10.2. The van der Waals surface area contributed by atoms with E-state index in [1.807, 2.05) is 0 Å². The molecular formula is C7H11NO2. The van der Waals surface area contributed by atoms with Gasteiger partial charge in [0.25, 0.3) is 0 Å². The largest absolute Gasteiger partial charge is 0.433 e. The van der Waals surface area contributed by atoms with Gasteiger partial charge < -0.3 is 10.1 Å². The highest BCUT2D eigenvalue weighted by Gasteiger charge is 1.82. The van der Waals surface area contributed by atoms with E-state index in [2.05, 4.69) is 16.6 Å².